The minimum atomic E-state index is -0.358. The summed E-state index contributed by atoms with van der Waals surface area (Å²) >= 11 is 0. The first kappa shape index (κ1) is 10.7. The third kappa shape index (κ3) is 1.60. The first-order valence-electron chi connectivity index (χ1n) is 5.37. The van der Waals surface area contributed by atoms with Gasteiger partial charge in [-0.2, -0.15) is 5.10 Å². The first-order chi connectivity index (χ1) is 8.65. The molecule has 0 N–H and O–H groups in total. The van der Waals surface area contributed by atoms with E-state index in [9.17, 15) is 9.18 Å². The zero-order valence-electron chi connectivity index (χ0n) is 9.55. The van der Waals surface area contributed by atoms with Crippen LogP contribution < -0.4 is 0 Å². The van der Waals surface area contributed by atoms with Crippen LogP contribution in [0.3, 0.4) is 0 Å². The number of carbonyl (C=O) groups is 1. The van der Waals surface area contributed by atoms with Gasteiger partial charge < -0.3 is 4.42 Å². The average molecular weight is 244 g/mol. The van der Waals surface area contributed by atoms with Crippen LogP contribution in [0, 0.1) is 5.82 Å². The number of aryl methyl sites for hydroxylation is 1. The Bertz CT molecular complexity index is 742. The van der Waals surface area contributed by atoms with Crippen molar-refractivity contribution in [3.05, 3.63) is 53.8 Å². The molecule has 0 atom stereocenters. The number of halogens is 1. The molecule has 0 spiro atoms. The number of ketones is 1. The van der Waals surface area contributed by atoms with Crippen LogP contribution in [0.25, 0.3) is 11.0 Å². The molecule has 3 rings (SSSR count). The molecule has 0 saturated carbocycles. The minimum Gasteiger partial charge on any atom is -0.453 e. The van der Waals surface area contributed by atoms with Crippen molar-refractivity contribution in [2.45, 2.75) is 0 Å². The summed E-state index contributed by atoms with van der Waals surface area (Å²) in [5.74, 6) is -0.450. The van der Waals surface area contributed by atoms with Gasteiger partial charge in [-0.3, -0.25) is 9.48 Å². The largest absolute Gasteiger partial charge is 0.453 e. The molecule has 0 unspecified atom stereocenters. The van der Waals surface area contributed by atoms with E-state index in [2.05, 4.69) is 5.10 Å². The number of fused-ring (bicyclic) bond motifs is 1. The molecule has 90 valence electrons. The molecule has 3 aromatic rings. The average Bonchev–Trinajstić information content (AvgIpc) is 2.93. The Morgan fingerprint density at radius 2 is 2.17 bits per heavy atom. The predicted octanol–water partition coefficient (Wildman–Crippen LogP) is 2.54. The summed E-state index contributed by atoms with van der Waals surface area (Å²) in [5.41, 5.74) is 0.913. The van der Waals surface area contributed by atoms with Gasteiger partial charge in [-0.15, -0.1) is 0 Å². The summed E-state index contributed by atoms with van der Waals surface area (Å²) < 4.78 is 19.9. The molecule has 0 saturated heterocycles. The lowest BCUT2D eigenvalue weighted by Gasteiger charge is -1.96. The highest BCUT2D eigenvalue weighted by Crippen LogP contribution is 2.22. The van der Waals surface area contributed by atoms with Crippen molar-refractivity contribution in [3.63, 3.8) is 0 Å². The molecule has 2 heterocycles. The molecule has 0 bridgehead atoms. The van der Waals surface area contributed by atoms with Gasteiger partial charge in [0.25, 0.3) is 0 Å². The lowest BCUT2D eigenvalue weighted by Crippen LogP contribution is -2.07. The van der Waals surface area contributed by atoms with Crippen molar-refractivity contribution in [2.75, 3.05) is 0 Å². The highest BCUT2D eigenvalue weighted by molar-refractivity contribution is 6.07. The van der Waals surface area contributed by atoms with Crippen LogP contribution in [0.1, 0.15) is 16.2 Å². The fourth-order valence-corrected chi connectivity index (χ4v) is 1.85. The molecule has 4 nitrogen and oxygen atoms in total. The number of hydrogen-bond acceptors (Lipinski definition) is 3. The highest BCUT2D eigenvalue weighted by Gasteiger charge is 2.17. The van der Waals surface area contributed by atoms with Crippen molar-refractivity contribution >= 4 is 16.8 Å². The monoisotopic (exact) mass is 244 g/mol. The fourth-order valence-electron chi connectivity index (χ4n) is 1.85. The number of carbonyl (C=O) groups excluding carboxylic acids is 1. The van der Waals surface area contributed by atoms with E-state index in [1.54, 1.807) is 13.1 Å². The quantitative estimate of drug-likeness (QED) is 0.651. The Kier molecular flexibility index (Phi) is 2.26. The van der Waals surface area contributed by atoms with E-state index in [-0.39, 0.29) is 17.4 Å². The van der Waals surface area contributed by atoms with E-state index in [0.29, 0.717) is 16.7 Å². The maximum absolute atomic E-state index is 13.0. The normalized spacial score (nSPS) is 11.0. The Morgan fingerprint density at radius 1 is 1.33 bits per heavy atom. The van der Waals surface area contributed by atoms with Crippen LogP contribution in [0.4, 0.5) is 4.39 Å². The summed E-state index contributed by atoms with van der Waals surface area (Å²) in [6, 6.07) is 7.28. The van der Waals surface area contributed by atoms with Crippen LogP contribution in [0.15, 0.2) is 40.9 Å². The van der Waals surface area contributed by atoms with Crippen molar-refractivity contribution in [1.82, 2.24) is 9.78 Å². The van der Waals surface area contributed by atoms with Gasteiger partial charge >= 0.3 is 0 Å². The molecule has 0 amide bonds. The number of furan rings is 1. The summed E-state index contributed by atoms with van der Waals surface area (Å²) in [6.45, 7) is 0. The summed E-state index contributed by atoms with van der Waals surface area (Å²) in [6.07, 6.45) is 1.54. The molecule has 18 heavy (non-hydrogen) atoms. The molecule has 1 aromatic carbocycles. The molecule has 5 heteroatoms. The van der Waals surface area contributed by atoms with E-state index in [4.69, 9.17) is 4.42 Å². The second-order valence-electron chi connectivity index (χ2n) is 3.96. The number of rotatable bonds is 2. The van der Waals surface area contributed by atoms with Gasteiger partial charge in [-0.05, 0) is 30.3 Å². The molecule has 0 aliphatic heterocycles. The van der Waals surface area contributed by atoms with Crippen molar-refractivity contribution in [3.8, 4) is 0 Å². The van der Waals surface area contributed by atoms with Crippen LogP contribution in [0.5, 0.6) is 0 Å². The highest BCUT2D eigenvalue weighted by atomic mass is 19.1. The molecular weight excluding hydrogens is 235 g/mol. The lowest BCUT2D eigenvalue weighted by atomic mass is 10.2. The standard InChI is InChI=1S/C13H9FN2O2/c1-16-10(4-5-15-16)13(17)12-7-8-6-9(14)2-3-11(8)18-12/h2-7H,1H3. The number of benzene rings is 1. The maximum Gasteiger partial charge on any atom is 0.246 e. The zero-order valence-corrected chi connectivity index (χ0v) is 9.55. The third-order valence-electron chi connectivity index (χ3n) is 2.76. The molecule has 0 aliphatic carbocycles. The summed E-state index contributed by atoms with van der Waals surface area (Å²) in [5, 5.41) is 4.50. The van der Waals surface area contributed by atoms with Gasteiger partial charge in [-0.1, -0.05) is 0 Å². The summed E-state index contributed by atoms with van der Waals surface area (Å²) in [7, 11) is 1.68. The van der Waals surface area contributed by atoms with Gasteiger partial charge in [0.1, 0.15) is 17.1 Å². The Balaban J connectivity index is 2.10. The molecular formula is C13H9FN2O2. The van der Waals surface area contributed by atoms with E-state index < -0.39 is 0 Å². The third-order valence-corrected chi connectivity index (χ3v) is 2.76. The maximum atomic E-state index is 13.0. The van der Waals surface area contributed by atoms with Crippen LogP contribution in [-0.2, 0) is 7.05 Å². The molecule has 2 aromatic heterocycles. The van der Waals surface area contributed by atoms with E-state index in [1.807, 2.05) is 0 Å². The summed E-state index contributed by atoms with van der Waals surface area (Å²) in [4.78, 5) is 12.1. The first-order valence-corrected chi connectivity index (χ1v) is 5.37. The lowest BCUT2D eigenvalue weighted by molar-refractivity contribution is 0.100. The van der Waals surface area contributed by atoms with Crippen LogP contribution in [-0.4, -0.2) is 15.6 Å². The minimum absolute atomic E-state index is 0.180. The van der Waals surface area contributed by atoms with Crippen molar-refractivity contribution < 1.29 is 13.6 Å². The Morgan fingerprint density at radius 3 is 2.89 bits per heavy atom. The number of aromatic nitrogens is 2. The molecule has 0 fully saturated rings. The van der Waals surface area contributed by atoms with Crippen LogP contribution in [0.2, 0.25) is 0 Å². The number of nitrogens with zero attached hydrogens (tertiary/aromatic N) is 2. The smallest absolute Gasteiger partial charge is 0.246 e. The van der Waals surface area contributed by atoms with Crippen molar-refractivity contribution in [2.24, 2.45) is 7.05 Å². The molecule has 0 radical (unpaired) electrons. The van der Waals surface area contributed by atoms with Gasteiger partial charge in [-0.25, -0.2) is 4.39 Å². The second kappa shape index (κ2) is 3.80. The SMILES string of the molecule is Cn1nccc1C(=O)c1cc2cc(F)ccc2o1. The van der Waals surface area contributed by atoms with E-state index >= 15 is 0 Å². The second-order valence-corrected chi connectivity index (χ2v) is 3.96. The predicted molar refractivity (Wildman–Crippen MR) is 62.8 cm³/mol. The van der Waals surface area contributed by atoms with Gasteiger partial charge in [0.2, 0.25) is 5.78 Å². The van der Waals surface area contributed by atoms with E-state index in [0.717, 1.165) is 0 Å². The number of hydrogen-bond donors (Lipinski definition) is 0. The van der Waals surface area contributed by atoms with Gasteiger partial charge in [0.05, 0.1) is 0 Å². The molecule has 0 aliphatic rings. The van der Waals surface area contributed by atoms with E-state index in [1.165, 1.54) is 35.1 Å². The Labute approximate surface area is 102 Å². The Hall–Kier alpha value is -2.43. The topological polar surface area (TPSA) is 48.0 Å². The zero-order chi connectivity index (χ0) is 12.7. The van der Waals surface area contributed by atoms with Gasteiger partial charge in [0, 0.05) is 18.6 Å². The fraction of sp³-hybridized carbons (Fsp3) is 0.0769. The van der Waals surface area contributed by atoms with Crippen LogP contribution >= 0.6 is 0 Å². The van der Waals surface area contributed by atoms with Crippen molar-refractivity contribution in [1.29, 1.82) is 0 Å². The van der Waals surface area contributed by atoms with Gasteiger partial charge in [0.15, 0.2) is 5.76 Å².